The summed E-state index contributed by atoms with van der Waals surface area (Å²) in [7, 11) is 0. The van der Waals surface area contributed by atoms with Crippen LogP contribution in [0.2, 0.25) is 0 Å². The summed E-state index contributed by atoms with van der Waals surface area (Å²) in [6.45, 7) is 7.01. The molecular formula is C20H40. The van der Waals surface area contributed by atoms with Crippen LogP contribution in [-0.2, 0) is 0 Å². The molecular weight excluding hydrogens is 240 g/mol. The standard InChI is InChI=1S/C20H40/c1-4-6-8-9-10-11-12-13-14-15-17-19-20(3)18-16-7-5-2/h12-13,20H,4-11,14-19H2,1-3H3/b13-12+. The zero-order valence-electron chi connectivity index (χ0n) is 14.6. The van der Waals surface area contributed by atoms with E-state index in [0.29, 0.717) is 0 Å². The molecule has 0 aromatic carbocycles. The van der Waals surface area contributed by atoms with Gasteiger partial charge in [-0.1, -0.05) is 97.1 Å². The molecule has 0 spiro atoms. The van der Waals surface area contributed by atoms with Gasteiger partial charge in [-0.3, -0.25) is 0 Å². The third-order valence-corrected chi connectivity index (χ3v) is 4.26. The average Bonchev–Trinajstić information content (AvgIpc) is 2.45. The van der Waals surface area contributed by atoms with E-state index in [1.165, 1.54) is 89.9 Å². The lowest BCUT2D eigenvalue weighted by Crippen LogP contribution is -1.94. The maximum Gasteiger partial charge on any atom is -0.0351 e. The molecule has 0 amide bonds. The van der Waals surface area contributed by atoms with Crippen molar-refractivity contribution in [3.05, 3.63) is 12.2 Å². The summed E-state index contributed by atoms with van der Waals surface area (Å²) in [5.74, 6) is 0.948. The molecule has 0 radical (unpaired) electrons. The molecule has 0 fully saturated rings. The van der Waals surface area contributed by atoms with Gasteiger partial charge in [-0.15, -0.1) is 0 Å². The molecule has 0 aliphatic heterocycles. The quantitative estimate of drug-likeness (QED) is 0.213. The highest BCUT2D eigenvalue weighted by Crippen LogP contribution is 2.16. The second-order valence-corrected chi connectivity index (χ2v) is 6.56. The first-order valence-corrected chi connectivity index (χ1v) is 9.46. The van der Waals surface area contributed by atoms with Gasteiger partial charge in [0.1, 0.15) is 0 Å². The smallest absolute Gasteiger partial charge is 0.0351 e. The Bertz CT molecular complexity index is 192. The fraction of sp³-hybridized carbons (Fsp3) is 0.900. The first-order valence-electron chi connectivity index (χ1n) is 9.46. The summed E-state index contributed by atoms with van der Waals surface area (Å²) in [6.07, 6.45) is 24.4. The molecule has 0 heteroatoms. The summed E-state index contributed by atoms with van der Waals surface area (Å²) in [5.41, 5.74) is 0. The molecule has 0 aliphatic carbocycles. The SMILES string of the molecule is CCCCCCC/C=C/CCCCC(C)CCCCC. The van der Waals surface area contributed by atoms with Crippen LogP contribution < -0.4 is 0 Å². The monoisotopic (exact) mass is 280 g/mol. The van der Waals surface area contributed by atoms with E-state index < -0.39 is 0 Å². The Morgan fingerprint density at radius 3 is 1.65 bits per heavy atom. The first-order chi connectivity index (χ1) is 9.81. The topological polar surface area (TPSA) is 0 Å². The van der Waals surface area contributed by atoms with Gasteiger partial charge in [-0.2, -0.15) is 0 Å². The normalized spacial score (nSPS) is 13.2. The van der Waals surface area contributed by atoms with Gasteiger partial charge in [0, 0.05) is 0 Å². The number of unbranched alkanes of at least 4 members (excludes halogenated alkanes) is 9. The second-order valence-electron chi connectivity index (χ2n) is 6.56. The summed E-state index contributed by atoms with van der Waals surface area (Å²) in [6, 6.07) is 0. The molecule has 120 valence electrons. The molecule has 0 saturated carbocycles. The summed E-state index contributed by atoms with van der Waals surface area (Å²) in [5, 5.41) is 0. The largest absolute Gasteiger partial charge is 0.0885 e. The van der Waals surface area contributed by atoms with Gasteiger partial charge in [0.25, 0.3) is 0 Å². The van der Waals surface area contributed by atoms with E-state index in [9.17, 15) is 0 Å². The summed E-state index contributed by atoms with van der Waals surface area (Å²) >= 11 is 0. The Balaban J connectivity index is 3.18. The van der Waals surface area contributed by atoms with Crippen LogP contribution in [0.1, 0.15) is 111 Å². The highest BCUT2D eigenvalue weighted by atomic mass is 14.1. The van der Waals surface area contributed by atoms with Gasteiger partial charge < -0.3 is 0 Å². The summed E-state index contributed by atoms with van der Waals surface area (Å²) < 4.78 is 0. The fourth-order valence-corrected chi connectivity index (χ4v) is 2.74. The molecule has 0 bridgehead atoms. The van der Waals surface area contributed by atoms with Crippen LogP contribution >= 0.6 is 0 Å². The minimum atomic E-state index is 0.948. The Kier molecular flexibility index (Phi) is 16.6. The van der Waals surface area contributed by atoms with Crippen LogP contribution in [-0.4, -0.2) is 0 Å². The highest BCUT2D eigenvalue weighted by molar-refractivity contribution is 4.81. The van der Waals surface area contributed by atoms with Crippen LogP contribution in [0.15, 0.2) is 12.2 Å². The second kappa shape index (κ2) is 16.8. The lowest BCUT2D eigenvalue weighted by Gasteiger charge is -2.09. The minimum absolute atomic E-state index is 0.948. The zero-order chi connectivity index (χ0) is 14.9. The van der Waals surface area contributed by atoms with Crippen molar-refractivity contribution in [1.29, 1.82) is 0 Å². The lowest BCUT2D eigenvalue weighted by molar-refractivity contribution is 0.444. The van der Waals surface area contributed by atoms with Crippen LogP contribution in [0, 0.1) is 5.92 Å². The van der Waals surface area contributed by atoms with E-state index in [2.05, 4.69) is 32.9 Å². The average molecular weight is 281 g/mol. The van der Waals surface area contributed by atoms with Crippen molar-refractivity contribution in [2.45, 2.75) is 111 Å². The molecule has 20 heavy (non-hydrogen) atoms. The van der Waals surface area contributed by atoms with Crippen molar-refractivity contribution in [1.82, 2.24) is 0 Å². The van der Waals surface area contributed by atoms with E-state index in [1.54, 1.807) is 0 Å². The Morgan fingerprint density at radius 2 is 1.05 bits per heavy atom. The van der Waals surface area contributed by atoms with Gasteiger partial charge in [0.05, 0.1) is 0 Å². The van der Waals surface area contributed by atoms with E-state index in [4.69, 9.17) is 0 Å². The van der Waals surface area contributed by atoms with E-state index in [0.717, 1.165) is 5.92 Å². The predicted molar refractivity (Wildman–Crippen MR) is 94.3 cm³/mol. The van der Waals surface area contributed by atoms with Crippen LogP contribution in [0.4, 0.5) is 0 Å². The van der Waals surface area contributed by atoms with Crippen molar-refractivity contribution in [2.24, 2.45) is 5.92 Å². The van der Waals surface area contributed by atoms with E-state index in [1.807, 2.05) is 0 Å². The van der Waals surface area contributed by atoms with Gasteiger partial charge in [-0.05, 0) is 31.6 Å². The van der Waals surface area contributed by atoms with Crippen molar-refractivity contribution in [3.8, 4) is 0 Å². The molecule has 0 aromatic rings. The van der Waals surface area contributed by atoms with Crippen LogP contribution in [0.25, 0.3) is 0 Å². The van der Waals surface area contributed by atoms with Gasteiger partial charge >= 0.3 is 0 Å². The maximum absolute atomic E-state index is 2.43. The third-order valence-electron chi connectivity index (χ3n) is 4.26. The minimum Gasteiger partial charge on any atom is -0.0885 e. The summed E-state index contributed by atoms with van der Waals surface area (Å²) in [4.78, 5) is 0. The Morgan fingerprint density at radius 1 is 0.600 bits per heavy atom. The molecule has 0 N–H and O–H groups in total. The Hall–Kier alpha value is -0.260. The predicted octanol–water partition coefficient (Wildman–Crippen LogP) is 7.68. The maximum atomic E-state index is 2.43. The number of rotatable bonds is 15. The third kappa shape index (κ3) is 15.8. The van der Waals surface area contributed by atoms with E-state index in [-0.39, 0.29) is 0 Å². The molecule has 0 nitrogen and oxygen atoms in total. The first kappa shape index (κ1) is 19.7. The molecule has 0 saturated heterocycles. The van der Waals surface area contributed by atoms with Crippen LogP contribution in [0.3, 0.4) is 0 Å². The number of allylic oxidation sites excluding steroid dienone is 2. The van der Waals surface area contributed by atoms with Gasteiger partial charge in [0.2, 0.25) is 0 Å². The van der Waals surface area contributed by atoms with Crippen molar-refractivity contribution >= 4 is 0 Å². The van der Waals surface area contributed by atoms with Crippen molar-refractivity contribution in [3.63, 3.8) is 0 Å². The lowest BCUT2D eigenvalue weighted by atomic mass is 9.97. The number of hydrogen-bond donors (Lipinski definition) is 0. The molecule has 1 atom stereocenters. The fourth-order valence-electron chi connectivity index (χ4n) is 2.74. The van der Waals surface area contributed by atoms with E-state index >= 15 is 0 Å². The van der Waals surface area contributed by atoms with Crippen LogP contribution in [0.5, 0.6) is 0 Å². The van der Waals surface area contributed by atoms with Crippen molar-refractivity contribution < 1.29 is 0 Å². The van der Waals surface area contributed by atoms with Gasteiger partial charge in [0.15, 0.2) is 0 Å². The van der Waals surface area contributed by atoms with Crippen molar-refractivity contribution in [2.75, 3.05) is 0 Å². The zero-order valence-corrected chi connectivity index (χ0v) is 14.6. The van der Waals surface area contributed by atoms with Gasteiger partial charge in [-0.25, -0.2) is 0 Å². The Labute approximate surface area is 129 Å². The molecule has 0 heterocycles. The molecule has 0 rings (SSSR count). The molecule has 1 unspecified atom stereocenters. The number of hydrogen-bond acceptors (Lipinski definition) is 0. The molecule has 0 aromatic heterocycles. The highest BCUT2D eigenvalue weighted by Gasteiger charge is 2.00. The molecule has 0 aliphatic rings.